The van der Waals surface area contributed by atoms with Crippen molar-refractivity contribution in [3.63, 3.8) is 0 Å². The quantitative estimate of drug-likeness (QED) is 0.687. The Labute approximate surface area is 93.8 Å². The van der Waals surface area contributed by atoms with Crippen LogP contribution in [0.2, 0.25) is 0 Å². The first kappa shape index (κ1) is 11.0. The lowest BCUT2D eigenvalue weighted by Gasteiger charge is -2.20. The Hall–Kier alpha value is -0.550. The molecule has 2 amide bonds. The summed E-state index contributed by atoms with van der Waals surface area (Å²) < 4.78 is 0. The second-order valence-electron chi connectivity index (χ2n) is 4.19. The Kier molecular flexibility index (Phi) is 3.02. The van der Waals surface area contributed by atoms with Crippen LogP contribution < -0.4 is 5.32 Å². The van der Waals surface area contributed by atoms with Gasteiger partial charge >= 0.3 is 0 Å². The maximum absolute atomic E-state index is 11.6. The number of imide groups is 1. The second kappa shape index (κ2) is 4.14. The zero-order valence-electron chi connectivity index (χ0n) is 9.03. The van der Waals surface area contributed by atoms with E-state index in [-0.39, 0.29) is 17.9 Å². The van der Waals surface area contributed by atoms with E-state index in [1.54, 1.807) is 7.05 Å². The molecule has 0 aromatic rings. The lowest BCUT2D eigenvalue weighted by Crippen LogP contribution is -2.45. The average molecular weight is 228 g/mol. The zero-order valence-corrected chi connectivity index (χ0v) is 9.84. The molecule has 0 spiro atoms. The van der Waals surface area contributed by atoms with E-state index < -0.39 is 0 Å². The number of nitrogens with one attached hydrogen (secondary N) is 1. The molecule has 1 N–H and O–H groups in total. The summed E-state index contributed by atoms with van der Waals surface area (Å²) in [5.74, 6) is 0.990. The first-order valence-electron chi connectivity index (χ1n) is 5.27. The zero-order chi connectivity index (χ0) is 11.0. The lowest BCUT2D eigenvalue weighted by molar-refractivity contribution is -0.137. The Morgan fingerprint density at radius 1 is 1.47 bits per heavy atom. The topological polar surface area (TPSA) is 49.4 Å². The SMILES string of the molecule is CC1SCCC1NC1CC(=O)N(C)C1=O. The van der Waals surface area contributed by atoms with Crippen LogP contribution in [0.15, 0.2) is 0 Å². The number of likely N-dealkylation sites (tertiary alicyclic amines) is 1. The summed E-state index contributed by atoms with van der Waals surface area (Å²) in [5, 5.41) is 3.85. The highest BCUT2D eigenvalue weighted by Gasteiger charge is 2.38. The third kappa shape index (κ3) is 2.03. The normalized spacial score (nSPS) is 36.7. The molecule has 4 nitrogen and oxygen atoms in total. The minimum Gasteiger partial charge on any atom is -0.301 e. The van der Waals surface area contributed by atoms with Crippen LogP contribution in [-0.2, 0) is 9.59 Å². The summed E-state index contributed by atoms with van der Waals surface area (Å²) in [6.45, 7) is 2.17. The Bertz CT molecular complexity index is 295. The van der Waals surface area contributed by atoms with E-state index in [9.17, 15) is 9.59 Å². The van der Waals surface area contributed by atoms with Crippen LogP contribution in [0.25, 0.3) is 0 Å². The second-order valence-corrected chi connectivity index (χ2v) is 5.67. The number of carbonyl (C=O) groups is 2. The molecule has 5 heteroatoms. The molecule has 2 fully saturated rings. The Balaban J connectivity index is 1.95. The number of nitrogens with zero attached hydrogens (tertiary/aromatic N) is 1. The molecule has 15 heavy (non-hydrogen) atoms. The van der Waals surface area contributed by atoms with E-state index in [2.05, 4.69) is 12.2 Å². The van der Waals surface area contributed by atoms with Gasteiger partial charge in [-0.3, -0.25) is 14.5 Å². The highest BCUT2D eigenvalue weighted by Crippen LogP contribution is 2.27. The molecule has 2 aliphatic rings. The van der Waals surface area contributed by atoms with E-state index in [1.807, 2.05) is 11.8 Å². The summed E-state index contributed by atoms with van der Waals surface area (Å²) >= 11 is 1.92. The van der Waals surface area contributed by atoms with Crippen molar-refractivity contribution < 1.29 is 9.59 Å². The van der Waals surface area contributed by atoms with Gasteiger partial charge < -0.3 is 5.32 Å². The van der Waals surface area contributed by atoms with Crippen molar-refractivity contribution in [2.75, 3.05) is 12.8 Å². The van der Waals surface area contributed by atoms with Gasteiger partial charge in [-0.15, -0.1) is 0 Å². The summed E-state index contributed by atoms with van der Waals surface area (Å²) in [6.07, 6.45) is 1.41. The van der Waals surface area contributed by atoms with Crippen molar-refractivity contribution in [3.05, 3.63) is 0 Å². The largest absolute Gasteiger partial charge is 0.301 e. The average Bonchev–Trinajstić information content (AvgIpc) is 2.69. The predicted molar refractivity (Wildman–Crippen MR) is 59.6 cm³/mol. The minimum atomic E-state index is -0.284. The first-order chi connectivity index (χ1) is 7.09. The molecule has 0 radical (unpaired) electrons. The summed E-state index contributed by atoms with van der Waals surface area (Å²) in [6, 6.07) is 0.0944. The van der Waals surface area contributed by atoms with Gasteiger partial charge in [-0.1, -0.05) is 6.92 Å². The van der Waals surface area contributed by atoms with E-state index in [0.29, 0.717) is 17.7 Å². The standard InChI is InChI=1S/C10H16N2O2S/c1-6-7(3-4-15-6)11-8-5-9(13)12(2)10(8)14/h6-8,11H,3-5H2,1-2H3. The number of likely N-dealkylation sites (N-methyl/N-ethyl adjacent to an activating group) is 1. The van der Waals surface area contributed by atoms with E-state index in [0.717, 1.165) is 12.2 Å². The van der Waals surface area contributed by atoms with Crippen molar-refractivity contribution in [2.45, 2.75) is 37.1 Å². The van der Waals surface area contributed by atoms with Gasteiger partial charge in [-0.2, -0.15) is 11.8 Å². The molecule has 2 heterocycles. The van der Waals surface area contributed by atoms with Gasteiger partial charge in [-0.05, 0) is 12.2 Å². The van der Waals surface area contributed by atoms with E-state index >= 15 is 0 Å². The molecule has 0 aliphatic carbocycles. The van der Waals surface area contributed by atoms with Gasteiger partial charge in [0.25, 0.3) is 0 Å². The number of carbonyl (C=O) groups excluding carboxylic acids is 2. The molecule has 0 aromatic heterocycles. The third-order valence-electron chi connectivity index (χ3n) is 3.17. The van der Waals surface area contributed by atoms with Gasteiger partial charge in [0.1, 0.15) is 0 Å². The number of hydrogen-bond acceptors (Lipinski definition) is 4. The van der Waals surface area contributed by atoms with Gasteiger partial charge in [0.2, 0.25) is 11.8 Å². The van der Waals surface area contributed by atoms with Gasteiger partial charge in [-0.25, -0.2) is 0 Å². The van der Waals surface area contributed by atoms with E-state index in [4.69, 9.17) is 0 Å². The summed E-state index contributed by atoms with van der Waals surface area (Å²) in [5.41, 5.74) is 0. The molecule has 3 unspecified atom stereocenters. The smallest absolute Gasteiger partial charge is 0.246 e. The number of amides is 2. The lowest BCUT2D eigenvalue weighted by atomic mass is 10.1. The van der Waals surface area contributed by atoms with Crippen LogP contribution in [0, 0.1) is 0 Å². The van der Waals surface area contributed by atoms with Crippen LogP contribution in [0.4, 0.5) is 0 Å². The van der Waals surface area contributed by atoms with Gasteiger partial charge in [0.05, 0.1) is 12.5 Å². The summed E-state index contributed by atoms with van der Waals surface area (Å²) in [7, 11) is 1.55. The molecular weight excluding hydrogens is 212 g/mol. The fourth-order valence-electron chi connectivity index (χ4n) is 2.09. The van der Waals surface area contributed by atoms with Crippen LogP contribution in [0.5, 0.6) is 0 Å². The van der Waals surface area contributed by atoms with Crippen molar-refractivity contribution >= 4 is 23.6 Å². The van der Waals surface area contributed by atoms with Crippen LogP contribution in [0.3, 0.4) is 0 Å². The molecule has 0 saturated carbocycles. The Morgan fingerprint density at radius 2 is 2.20 bits per heavy atom. The molecule has 0 bridgehead atoms. The number of hydrogen-bond donors (Lipinski definition) is 1. The van der Waals surface area contributed by atoms with Crippen molar-refractivity contribution in [1.29, 1.82) is 0 Å². The molecule has 3 atom stereocenters. The number of rotatable bonds is 2. The highest BCUT2D eigenvalue weighted by molar-refractivity contribution is 8.00. The highest BCUT2D eigenvalue weighted by atomic mass is 32.2. The Morgan fingerprint density at radius 3 is 2.67 bits per heavy atom. The van der Waals surface area contributed by atoms with Gasteiger partial charge in [0, 0.05) is 18.3 Å². The van der Waals surface area contributed by atoms with Crippen molar-refractivity contribution in [1.82, 2.24) is 10.2 Å². The molecular formula is C10H16N2O2S. The maximum Gasteiger partial charge on any atom is 0.246 e. The number of thioether (sulfide) groups is 1. The third-order valence-corrected chi connectivity index (χ3v) is 4.50. The van der Waals surface area contributed by atoms with Crippen LogP contribution in [-0.4, -0.2) is 46.8 Å². The minimum absolute atomic E-state index is 0.0733. The fourth-order valence-corrected chi connectivity index (χ4v) is 3.30. The van der Waals surface area contributed by atoms with Crippen LogP contribution >= 0.6 is 11.8 Å². The monoisotopic (exact) mass is 228 g/mol. The van der Waals surface area contributed by atoms with Crippen LogP contribution in [0.1, 0.15) is 19.8 Å². The van der Waals surface area contributed by atoms with Crippen molar-refractivity contribution in [2.24, 2.45) is 0 Å². The van der Waals surface area contributed by atoms with E-state index in [1.165, 1.54) is 4.90 Å². The van der Waals surface area contributed by atoms with Gasteiger partial charge in [0.15, 0.2) is 0 Å². The molecule has 2 saturated heterocycles. The predicted octanol–water partition coefficient (Wildman–Crippen LogP) is 0.227. The molecule has 2 rings (SSSR count). The molecule has 84 valence electrons. The summed E-state index contributed by atoms with van der Waals surface area (Å²) in [4.78, 5) is 24.2. The van der Waals surface area contributed by atoms with Crippen molar-refractivity contribution in [3.8, 4) is 0 Å². The maximum atomic E-state index is 11.6. The molecule has 2 aliphatic heterocycles. The fraction of sp³-hybridized carbons (Fsp3) is 0.800. The molecule has 0 aromatic carbocycles. The first-order valence-corrected chi connectivity index (χ1v) is 6.32.